The Morgan fingerprint density at radius 3 is 2.80 bits per heavy atom. The number of carbonyl (C=O) groups excluding carboxylic acids is 2. The van der Waals surface area contributed by atoms with E-state index in [4.69, 9.17) is 5.73 Å². The number of nitrogens with zero attached hydrogens (tertiary/aromatic N) is 1. The van der Waals surface area contributed by atoms with Crippen molar-refractivity contribution in [3.63, 3.8) is 0 Å². The first-order valence-electron chi connectivity index (χ1n) is 9.98. The van der Waals surface area contributed by atoms with E-state index >= 15 is 0 Å². The highest BCUT2D eigenvalue weighted by atomic mass is 19.1. The van der Waals surface area contributed by atoms with Gasteiger partial charge in [-0.2, -0.15) is 0 Å². The summed E-state index contributed by atoms with van der Waals surface area (Å²) in [5.41, 5.74) is 7.76. The summed E-state index contributed by atoms with van der Waals surface area (Å²) in [5, 5.41) is 8.93. The van der Waals surface area contributed by atoms with Gasteiger partial charge < -0.3 is 21.7 Å². The molecule has 5 unspecified atom stereocenters. The van der Waals surface area contributed by atoms with Crippen molar-refractivity contribution in [3.8, 4) is 0 Å². The van der Waals surface area contributed by atoms with Crippen LogP contribution in [-0.4, -0.2) is 30.6 Å². The second kappa shape index (κ2) is 9.11. The zero-order valence-electron chi connectivity index (χ0n) is 17.2. The molecule has 0 aliphatic heterocycles. The predicted molar refractivity (Wildman–Crippen MR) is 115 cm³/mol. The van der Waals surface area contributed by atoms with E-state index in [0.29, 0.717) is 18.7 Å². The normalized spacial score (nSPS) is 28.2. The average molecular weight is 413 g/mol. The van der Waals surface area contributed by atoms with Gasteiger partial charge in [-0.05, 0) is 50.3 Å². The fourth-order valence-electron chi connectivity index (χ4n) is 4.72. The van der Waals surface area contributed by atoms with E-state index < -0.39 is 17.7 Å². The molecule has 2 fully saturated rings. The molecular formula is C22H28FN5O2. The summed E-state index contributed by atoms with van der Waals surface area (Å²) >= 11 is 0. The Morgan fingerprint density at radius 2 is 2.13 bits per heavy atom. The standard InChI is InChI=1S/C22H28FN5O2/c1-12-5-4-6-16(7-12)28-14(3)25-10-18(23)13(2)27-21-17-8-15(20(21)22(24)30)9-19(17)26-11-29/h4-7,10-11,15,17,19-21,27-28H,3,8-9H2,1-2H3,(H2,24,30)(H,26,29)/b18-13-,25-10?. The lowest BCUT2D eigenvalue weighted by atomic mass is 9.81. The van der Waals surface area contributed by atoms with Gasteiger partial charge >= 0.3 is 0 Å². The largest absolute Gasteiger partial charge is 0.382 e. The highest BCUT2D eigenvalue weighted by molar-refractivity contribution is 5.79. The fourth-order valence-corrected chi connectivity index (χ4v) is 4.72. The fraction of sp³-hybridized carbons (Fsp3) is 0.409. The molecule has 30 heavy (non-hydrogen) atoms. The van der Waals surface area contributed by atoms with Gasteiger partial charge in [0.2, 0.25) is 12.3 Å². The first-order chi connectivity index (χ1) is 14.3. The quantitative estimate of drug-likeness (QED) is 0.368. The molecule has 2 amide bonds. The van der Waals surface area contributed by atoms with Crippen molar-refractivity contribution in [1.82, 2.24) is 10.6 Å². The van der Waals surface area contributed by atoms with Gasteiger partial charge in [0.25, 0.3) is 0 Å². The summed E-state index contributed by atoms with van der Waals surface area (Å²) in [4.78, 5) is 26.9. The third kappa shape index (κ3) is 4.69. The minimum absolute atomic E-state index is 0.0235. The number of benzene rings is 1. The number of aliphatic imine (C=N–C) groups is 1. The van der Waals surface area contributed by atoms with Crippen LogP contribution in [0.4, 0.5) is 10.1 Å². The van der Waals surface area contributed by atoms with Crippen LogP contribution < -0.4 is 21.7 Å². The number of carbonyl (C=O) groups is 2. The number of nitrogens with two attached hydrogens (primary N) is 1. The molecule has 5 atom stereocenters. The van der Waals surface area contributed by atoms with Gasteiger partial charge in [-0.25, -0.2) is 9.38 Å². The maximum atomic E-state index is 14.6. The highest BCUT2D eigenvalue weighted by Crippen LogP contribution is 2.48. The van der Waals surface area contributed by atoms with Crippen LogP contribution in [0.2, 0.25) is 0 Å². The number of fused-ring (bicyclic) bond motifs is 2. The van der Waals surface area contributed by atoms with Crippen molar-refractivity contribution in [2.75, 3.05) is 5.32 Å². The number of nitrogens with one attached hydrogen (secondary N) is 3. The Morgan fingerprint density at radius 1 is 1.37 bits per heavy atom. The van der Waals surface area contributed by atoms with Crippen molar-refractivity contribution in [3.05, 3.63) is 53.8 Å². The second-order valence-corrected chi connectivity index (χ2v) is 8.06. The van der Waals surface area contributed by atoms with Crippen LogP contribution >= 0.6 is 0 Å². The van der Waals surface area contributed by atoms with Crippen LogP contribution in [0.1, 0.15) is 25.3 Å². The minimum atomic E-state index is -0.562. The van der Waals surface area contributed by atoms with Gasteiger partial charge in [0.05, 0.1) is 12.1 Å². The van der Waals surface area contributed by atoms with Gasteiger partial charge in [0.15, 0.2) is 5.83 Å². The lowest BCUT2D eigenvalue weighted by molar-refractivity contribution is -0.124. The molecule has 2 saturated carbocycles. The topological polar surface area (TPSA) is 109 Å². The minimum Gasteiger partial charge on any atom is -0.382 e. The molecule has 8 heteroatoms. The Kier molecular flexibility index (Phi) is 6.54. The molecule has 3 rings (SSSR count). The zero-order chi connectivity index (χ0) is 21.8. The number of hydrogen-bond donors (Lipinski definition) is 4. The lowest BCUT2D eigenvalue weighted by Crippen LogP contribution is -2.52. The molecule has 1 aromatic rings. The lowest BCUT2D eigenvalue weighted by Gasteiger charge is -2.35. The van der Waals surface area contributed by atoms with Crippen LogP contribution in [-0.2, 0) is 9.59 Å². The summed E-state index contributed by atoms with van der Waals surface area (Å²) in [6.07, 6.45) is 3.24. The number of aryl methyl sites for hydroxylation is 1. The van der Waals surface area contributed by atoms with E-state index in [0.717, 1.165) is 23.9 Å². The van der Waals surface area contributed by atoms with Crippen molar-refractivity contribution >= 4 is 24.2 Å². The van der Waals surface area contributed by atoms with Crippen LogP contribution in [0.5, 0.6) is 0 Å². The molecule has 2 bridgehead atoms. The highest BCUT2D eigenvalue weighted by Gasteiger charge is 2.54. The van der Waals surface area contributed by atoms with E-state index in [2.05, 4.69) is 27.5 Å². The third-order valence-electron chi connectivity index (χ3n) is 6.00. The van der Waals surface area contributed by atoms with E-state index in [-0.39, 0.29) is 29.6 Å². The number of amides is 2. The summed E-state index contributed by atoms with van der Waals surface area (Å²) < 4.78 is 14.6. The summed E-state index contributed by atoms with van der Waals surface area (Å²) in [5.74, 6) is -0.943. The van der Waals surface area contributed by atoms with Crippen molar-refractivity contribution < 1.29 is 14.0 Å². The van der Waals surface area contributed by atoms with Crippen molar-refractivity contribution in [2.45, 2.75) is 38.8 Å². The van der Waals surface area contributed by atoms with E-state index in [9.17, 15) is 14.0 Å². The molecule has 160 valence electrons. The van der Waals surface area contributed by atoms with Crippen LogP contribution in [0.15, 0.2) is 53.2 Å². The monoisotopic (exact) mass is 413 g/mol. The first-order valence-corrected chi connectivity index (χ1v) is 9.98. The van der Waals surface area contributed by atoms with Crippen LogP contribution in [0.3, 0.4) is 0 Å². The molecule has 1 aromatic carbocycles. The van der Waals surface area contributed by atoms with Gasteiger partial charge in [-0.15, -0.1) is 0 Å². The summed E-state index contributed by atoms with van der Waals surface area (Å²) in [6.45, 7) is 7.35. The Labute approximate surface area is 175 Å². The molecule has 2 aliphatic rings. The van der Waals surface area contributed by atoms with Crippen LogP contribution in [0, 0.1) is 24.7 Å². The molecule has 0 spiro atoms. The SMILES string of the molecule is C=C(N=C/C(F)=C(\C)NC1C2CC(CC2NC=O)C1C(N)=O)Nc1cccc(C)c1. The molecule has 0 radical (unpaired) electrons. The molecule has 0 aromatic heterocycles. The maximum absolute atomic E-state index is 14.6. The number of anilines is 1. The Balaban J connectivity index is 1.67. The molecule has 0 heterocycles. The van der Waals surface area contributed by atoms with Gasteiger partial charge in [-0.1, -0.05) is 18.7 Å². The van der Waals surface area contributed by atoms with E-state index in [1.165, 1.54) is 0 Å². The van der Waals surface area contributed by atoms with Crippen molar-refractivity contribution in [2.24, 2.45) is 28.5 Å². The van der Waals surface area contributed by atoms with E-state index in [1.807, 2.05) is 31.2 Å². The number of halogens is 1. The third-order valence-corrected chi connectivity index (χ3v) is 6.00. The van der Waals surface area contributed by atoms with Gasteiger partial charge in [0, 0.05) is 29.4 Å². The van der Waals surface area contributed by atoms with E-state index in [1.54, 1.807) is 6.92 Å². The van der Waals surface area contributed by atoms with Gasteiger partial charge in [-0.3, -0.25) is 9.59 Å². The number of primary amides is 1. The number of hydrogen-bond acceptors (Lipinski definition) is 5. The molecule has 0 saturated heterocycles. The number of allylic oxidation sites excluding steroid dienone is 2. The van der Waals surface area contributed by atoms with Crippen LogP contribution in [0.25, 0.3) is 0 Å². The number of rotatable bonds is 9. The molecular weight excluding hydrogens is 385 g/mol. The average Bonchev–Trinajstić information content (AvgIpc) is 3.24. The Hall–Kier alpha value is -3.16. The summed E-state index contributed by atoms with van der Waals surface area (Å²) in [6, 6.07) is 7.31. The smallest absolute Gasteiger partial charge is 0.222 e. The molecule has 2 aliphatic carbocycles. The van der Waals surface area contributed by atoms with Gasteiger partial charge in [0.1, 0.15) is 5.82 Å². The molecule has 7 nitrogen and oxygen atoms in total. The molecule has 5 N–H and O–H groups in total. The maximum Gasteiger partial charge on any atom is 0.222 e. The Bertz CT molecular complexity index is 897. The second-order valence-electron chi connectivity index (χ2n) is 8.06. The predicted octanol–water partition coefficient (Wildman–Crippen LogP) is 2.36. The zero-order valence-corrected chi connectivity index (χ0v) is 17.2. The first kappa shape index (κ1) is 21.5. The summed E-state index contributed by atoms with van der Waals surface area (Å²) in [7, 11) is 0. The van der Waals surface area contributed by atoms with Crippen molar-refractivity contribution in [1.29, 1.82) is 0 Å².